The van der Waals surface area contributed by atoms with Gasteiger partial charge in [0.2, 0.25) is 0 Å². The molecule has 0 aliphatic carbocycles. The second kappa shape index (κ2) is 40.6. The summed E-state index contributed by atoms with van der Waals surface area (Å²) in [6.45, 7) is 3.65. The van der Waals surface area contributed by atoms with Crippen LogP contribution in [-0.2, 0) is 32.7 Å². The number of carbonyl (C=O) groups is 2. The second-order valence-corrected chi connectivity index (χ2v) is 15.5. The highest BCUT2D eigenvalue weighted by Crippen LogP contribution is 2.43. The molecule has 0 aromatic heterocycles. The van der Waals surface area contributed by atoms with Crippen LogP contribution < -0.4 is 5.73 Å². The number of hydrogen-bond donors (Lipinski definition) is 3. The Hall–Kier alpha value is -2.59. The predicted octanol–water partition coefficient (Wildman–Crippen LogP) is 11.8. The summed E-state index contributed by atoms with van der Waals surface area (Å²) in [5.41, 5.74) is 5.35. The van der Waals surface area contributed by atoms with Crippen molar-refractivity contribution in [1.82, 2.24) is 0 Å². The van der Waals surface area contributed by atoms with Crippen molar-refractivity contribution >= 4 is 19.8 Å². The van der Waals surface area contributed by atoms with Crippen LogP contribution >= 0.6 is 7.82 Å². The summed E-state index contributed by atoms with van der Waals surface area (Å²) in [4.78, 5) is 33.5. The van der Waals surface area contributed by atoms with Gasteiger partial charge in [-0.2, -0.15) is 0 Å². The monoisotopic (exact) mass is 808 g/mol. The van der Waals surface area contributed by atoms with Crippen LogP contribution in [0.15, 0.2) is 72.9 Å². The Bertz CT molecular complexity index is 1160. The first-order valence-corrected chi connectivity index (χ1v) is 23.0. The highest BCUT2D eigenvalue weighted by atomic mass is 31.2. The number of aliphatic carboxylic acids is 1. The van der Waals surface area contributed by atoms with E-state index in [-0.39, 0.29) is 13.0 Å². The molecule has 0 aromatic carbocycles. The number of allylic oxidation sites excluding steroid dienone is 12. The molecule has 3 unspecified atom stereocenters. The molecule has 322 valence electrons. The first-order valence-electron chi connectivity index (χ1n) is 21.5. The predicted molar refractivity (Wildman–Crippen MR) is 230 cm³/mol. The van der Waals surface area contributed by atoms with Crippen molar-refractivity contribution in [3.05, 3.63) is 72.9 Å². The fraction of sp³-hybridized carbons (Fsp3) is 0.689. The standard InChI is InChI=1S/C45H78NO9P/c1-3-5-7-9-11-13-15-17-19-21-22-23-25-27-29-31-33-35-37-44(47)55-42(40-53-56(50,51)54-41-43(46)45(48)49)39-52-38-36-34-32-30-28-26-24-20-18-16-14-12-10-8-6-4-2/h6,8,12-15,18-21,26,28,42-43H,3-5,7,9-11,16-17,22-25,27,29-41,46H2,1-2H3,(H,48,49)(H,50,51)/b8-6-,14-12-,15-13-,20-18-,21-19-,28-26-. The number of rotatable bonds is 40. The fourth-order valence-corrected chi connectivity index (χ4v) is 6.17. The SMILES string of the molecule is CC/C=C\C/C=C\C/C=C\C/C=C\CCCCCOCC(COP(=O)(O)OCC(N)C(=O)O)OC(=O)CCCCCCCCC/C=C\C/C=C\CCCCCC. The minimum absolute atomic E-state index is 0.0116. The van der Waals surface area contributed by atoms with Crippen molar-refractivity contribution in [3.8, 4) is 0 Å². The zero-order valence-corrected chi connectivity index (χ0v) is 35.8. The number of esters is 1. The van der Waals surface area contributed by atoms with Gasteiger partial charge >= 0.3 is 19.8 Å². The number of carbonyl (C=O) groups excluding carboxylic acids is 1. The van der Waals surface area contributed by atoms with Gasteiger partial charge in [0.15, 0.2) is 0 Å². The number of phosphoric acid groups is 1. The van der Waals surface area contributed by atoms with Crippen molar-refractivity contribution in [1.29, 1.82) is 0 Å². The number of ether oxygens (including phenoxy) is 2. The Morgan fingerprint density at radius 1 is 0.589 bits per heavy atom. The van der Waals surface area contributed by atoms with E-state index in [0.717, 1.165) is 83.5 Å². The lowest BCUT2D eigenvalue weighted by molar-refractivity contribution is -0.154. The molecule has 0 saturated heterocycles. The number of nitrogens with two attached hydrogens (primary N) is 1. The smallest absolute Gasteiger partial charge is 0.472 e. The summed E-state index contributed by atoms with van der Waals surface area (Å²) in [6, 6.07) is -1.48. The maximum atomic E-state index is 12.6. The Kier molecular flexibility index (Phi) is 38.7. The number of hydrogen-bond acceptors (Lipinski definition) is 8. The van der Waals surface area contributed by atoms with E-state index in [1.165, 1.54) is 51.4 Å². The molecule has 11 heteroatoms. The van der Waals surface area contributed by atoms with Gasteiger partial charge in [-0.3, -0.25) is 18.6 Å². The summed E-state index contributed by atoms with van der Waals surface area (Å²) < 4.78 is 33.3. The van der Waals surface area contributed by atoms with Crippen LogP contribution in [0.5, 0.6) is 0 Å². The lowest BCUT2D eigenvalue weighted by Crippen LogP contribution is -2.34. The topological polar surface area (TPSA) is 155 Å². The molecule has 10 nitrogen and oxygen atoms in total. The normalized spacial score (nSPS) is 14.6. The summed E-state index contributed by atoms with van der Waals surface area (Å²) in [6.07, 6.45) is 49.5. The number of carboxylic acids is 1. The lowest BCUT2D eigenvalue weighted by Gasteiger charge is -2.20. The molecule has 56 heavy (non-hydrogen) atoms. The zero-order valence-electron chi connectivity index (χ0n) is 35.0. The van der Waals surface area contributed by atoms with Crippen LogP contribution in [-0.4, -0.2) is 60.5 Å². The molecular weight excluding hydrogens is 729 g/mol. The van der Waals surface area contributed by atoms with Crippen molar-refractivity contribution in [2.45, 2.75) is 174 Å². The summed E-state index contributed by atoms with van der Waals surface area (Å²) in [5, 5.41) is 8.89. The van der Waals surface area contributed by atoms with Gasteiger partial charge in [-0.05, 0) is 83.5 Å². The van der Waals surface area contributed by atoms with E-state index in [1.54, 1.807) is 0 Å². The third-order valence-corrected chi connectivity index (χ3v) is 9.67. The maximum absolute atomic E-state index is 12.6. The van der Waals surface area contributed by atoms with Crippen LogP contribution in [0.3, 0.4) is 0 Å². The Morgan fingerprint density at radius 2 is 1.04 bits per heavy atom. The molecule has 3 atom stereocenters. The Balaban J connectivity index is 4.33. The van der Waals surface area contributed by atoms with Crippen molar-refractivity contribution in [3.63, 3.8) is 0 Å². The maximum Gasteiger partial charge on any atom is 0.472 e. The molecule has 4 N–H and O–H groups in total. The summed E-state index contributed by atoms with van der Waals surface area (Å²) >= 11 is 0. The lowest BCUT2D eigenvalue weighted by atomic mass is 10.1. The van der Waals surface area contributed by atoms with Gasteiger partial charge in [-0.25, -0.2) is 4.57 Å². The van der Waals surface area contributed by atoms with Crippen molar-refractivity contribution < 1.29 is 42.7 Å². The van der Waals surface area contributed by atoms with Crippen molar-refractivity contribution in [2.75, 3.05) is 26.4 Å². The van der Waals surface area contributed by atoms with Crippen molar-refractivity contribution in [2.24, 2.45) is 5.73 Å². The Morgan fingerprint density at radius 3 is 1.55 bits per heavy atom. The van der Waals surface area contributed by atoms with Crippen LogP contribution in [0.25, 0.3) is 0 Å². The van der Waals surface area contributed by atoms with Gasteiger partial charge in [-0.1, -0.05) is 145 Å². The van der Waals surface area contributed by atoms with Gasteiger partial charge in [-0.15, -0.1) is 0 Å². The van der Waals surface area contributed by atoms with E-state index >= 15 is 0 Å². The second-order valence-electron chi connectivity index (χ2n) is 14.1. The van der Waals surface area contributed by atoms with Crippen LogP contribution in [0.4, 0.5) is 0 Å². The number of carboxylic acid groups (broad SMARTS) is 1. The molecule has 0 radical (unpaired) electrons. The number of unbranched alkanes of at least 4 members (excludes halogenated alkanes) is 14. The molecule has 0 aromatic rings. The molecular formula is C45H78NO9P. The molecule has 0 spiro atoms. The van der Waals surface area contributed by atoms with E-state index in [4.69, 9.17) is 29.4 Å². The third kappa shape index (κ3) is 39.6. The molecule has 0 aliphatic rings. The average molecular weight is 808 g/mol. The molecule has 0 aliphatic heterocycles. The molecule has 0 bridgehead atoms. The van der Waals surface area contributed by atoms with Crippen LogP contribution in [0, 0.1) is 0 Å². The largest absolute Gasteiger partial charge is 0.480 e. The van der Waals surface area contributed by atoms with Gasteiger partial charge in [0.05, 0.1) is 19.8 Å². The van der Waals surface area contributed by atoms with Gasteiger partial charge in [0, 0.05) is 13.0 Å². The van der Waals surface area contributed by atoms with Gasteiger partial charge in [0.1, 0.15) is 12.1 Å². The minimum Gasteiger partial charge on any atom is -0.480 e. The highest BCUT2D eigenvalue weighted by Gasteiger charge is 2.27. The van der Waals surface area contributed by atoms with E-state index in [2.05, 4.69) is 86.8 Å². The average Bonchev–Trinajstić information content (AvgIpc) is 3.18. The molecule has 0 rings (SSSR count). The minimum atomic E-state index is -4.63. The molecule has 0 heterocycles. The quantitative estimate of drug-likeness (QED) is 0.0236. The first-order chi connectivity index (χ1) is 27.2. The third-order valence-electron chi connectivity index (χ3n) is 8.72. The van der Waals surface area contributed by atoms with Gasteiger partial charge < -0.3 is 25.2 Å². The summed E-state index contributed by atoms with van der Waals surface area (Å²) in [5.74, 6) is -1.81. The summed E-state index contributed by atoms with van der Waals surface area (Å²) in [7, 11) is -4.63. The van der Waals surface area contributed by atoms with Gasteiger partial charge in [0.25, 0.3) is 0 Å². The van der Waals surface area contributed by atoms with Crippen LogP contribution in [0.1, 0.15) is 162 Å². The van der Waals surface area contributed by atoms with E-state index in [0.29, 0.717) is 13.0 Å². The van der Waals surface area contributed by atoms with Crippen LogP contribution in [0.2, 0.25) is 0 Å². The Labute approximate surface area is 340 Å². The highest BCUT2D eigenvalue weighted by molar-refractivity contribution is 7.47. The number of phosphoric ester groups is 1. The zero-order chi connectivity index (χ0) is 41.2. The molecule has 0 saturated carbocycles. The first kappa shape index (κ1) is 53.4. The molecule has 0 fully saturated rings. The molecule has 0 amide bonds. The van der Waals surface area contributed by atoms with E-state index in [1.807, 2.05) is 0 Å². The fourth-order valence-electron chi connectivity index (χ4n) is 5.39. The van der Waals surface area contributed by atoms with E-state index in [9.17, 15) is 19.0 Å². The van der Waals surface area contributed by atoms with E-state index < -0.39 is 45.1 Å².